The van der Waals surface area contributed by atoms with Crippen LogP contribution in [0.3, 0.4) is 0 Å². The fourth-order valence-corrected chi connectivity index (χ4v) is 1.74. The van der Waals surface area contributed by atoms with E-state index in [1.165, 1.54) is 0 Å². The monoisotopic (exact) mass is 312 g/mol. The molecule has 0 aliphatic heterocycles. The van der Waals surface area contributed by atoms with Gasteiger partial charge in [0.05, 0.1) is 5.56 Å². The molecule has 0 N–H and O–H groups in total. The summed E-state index contributed by atoms with van der Waals surface area (Å²) in [6, 6.07) is 1.23. The fraction of sp³-hybridized carbons (Fsp3) is 0.0769. The molecule has 0 amide bonds. The third-order valence-corrected chi connectivity index (χ3v) is 2.67. The second kappa shape index (κ2) is 5.34. The Labute approximate surface area is 112 Å². The van der Waals surface area contributed by atoms with E-state index in [1.807, 2.05) is 0 Å². The third-order valence-electron chi connectivity index (χ3n) is 2.67. The van der Waals surface area contributed by atoms with E-state index in [-0.39, 0.29) is 0 Å². The van der Waals surface area contributed by atoms with Crippen LogP contribution < -0.4 is 0 Å². The first-order chi connectivity index (χ1) is 9.73. The van der Waals surface area contributed by atoms with Gasteiger partial charge in [-0.1, -0.05) is 0 Å². The minimum absolute atomic E-state index is 0.389. The Morgan fingerprint density at radius 1 is 0.619 bits per heavy atom. The Balaban J connectivity index is 2.79. The number of hydrogen-bond donors (Lipinski definition) is 0. The first kappa shape index (κ1) is 15.3. The molecule has 8 heteroatoms. The molecule has 0 spiro atoms. The largest absolute Gasteiger partial charge is 0.263 e. The van der Waals surface area contributed by atoms with Crippen LogP contribution in [0.25, 0.3) is 11.1 Å². The lowest BCUT2D eigenvalue weighted by atomic mass is 10.0. The van der Waals surface area contributed by atoms with E-state index in [2.05, 4.69) is 0 Å². The molecule has 2 aromatic rings. The molecule has 0 aliphatic carbocycles. The predicted molar refractivity (Wildman–Crippen MR) is 56.6 cm³/mol. The van der Waals surface area contributed by atoms with Crippen molar-refractivity contribution in [3.8, 4) is 11.1 Å². The summed E-state index contributed by atoms with van der Waals surface area (Å²) in [4.78, 5) is 0. The topological polar surface area (TPSA) is 0 Å². The summed E-state index contributed by atoms with van der Waals surface area (Å²) in [6.07, 6.45) is -3.18. The molecule has 0 saturated carbocycles. The maximum atomic E-state index is 13.5. The van der Waals surface area contributed by atoms with Crippen molar-refractivity contribution in [2.45, 2.75) is 6.43 Å². The summed E-state index contributed by atoms with van der Waals surface area (Å²) >= 11 is 0. The van der Waals surface area contributed by atoms with E-state index in [0.717, 1.165) is 0 Å². The highest BCUT2D eigenvalue weighted by molar-refractivity contribution is 5.66. The summed E-state index contributed by atoms with van der Waals surface area (Å²) in [5.41, 5.74) is -3.29. The van der Waals surface area contributed by atoms with Crippen molar-refractivity contribution in [2.75, 3.05) is 0 Å². The van der Waals surface area contributed by atoms with Crippen molar-refractivity contribution in [1.29, 1.82) is 0 Å². The van der Waals surface area contributed by atoms with E-state index < -0.39 is 58.0 Å². The molecular weight excluding hydrogens is 308 g/mol. The van der Waals surface area contributed by atoms with Gasteiger partial charge in [-0.2, -0.15) is 0 Å². The normalized spacial score (nSPS) is 11.3. The van der Waals surface area contributed by atoms with Gasteiger partial charge in [0, 0.05) is 5.56 Å². The summed E-state index contributed by atoms with van der Waals surface area (Å²) < 4.78 is 104. The van der Waals surface area contributed by atoms with Crippen molar-refractivity contribution < 1.29 is 35.1 Å². The van der Waals surface area contributed by atoms with Gasteiger partial charge in [0.1, 0.15) is 5.82 Å². The molecule has 0 radical (unpaired) electrons. The zero-order valence-corrected chi connectivity index (χ0v) is 9.83. The molecule has 0 fully saturated rings. The molecule has 0 heterocycles. The van der Waals surface area contributed by atoms with Crippen molar-refractivity contribution in [3.05, 3.63) is 58.7 Å². The smallest absolute Gasteiger partial charge is 0.207 e. The van der Waals surface area contributed by atoms with E-state index in [0.29, 0.717) is 18.2 Å². The lowest BCUT2D eigenvalue weighted by Crippen LogP contribution is -2.04. The first-order valence-corrected chi connectivity index (χ1v) is 5.34. The molecule has 0 saturated heterocycles. The fourth-order valence-electron chi connectivity index (χ4n) is 1.74. The average molecular weight is 312 g/mol. The van der Waals surface area contributed by atoms with Crippen LogP contribution in [0, 0.1) is 34.9 Å². The highest BCUT2D eigenvalue weighted by Crippen LogP contribution is 2.34. The summed E-state index contributed by atoms with van der Waals surface area (Å²) in [5, 5.41) is 0. The van der Waals surface area contributed by atoms with Gasteiger partial charge in [0.2, 0.25) is 5.82 Å². The van der Waals surface area contributed by atoms with Gasteiger partial charge in [-0.25, -0.2) is 35.1 Å². The summed E-state index contributed by atoms with van der Waals surface area (Å²) in [5.74, 6) is -12.6. The maximum Gasteiger partial charge on any atom is 0.263 e. The Morgan fingerprint density at radius 3 is 1.57 bits per heavy atom. The van der Waals surface area contributed by atoms with Crippen LogP contribution >= 0.6 is 0 Å². The maximum absolute atomic E-state index is 13.5. The molecule has 0 bridgehead atoms. The molecule has 112 valence electrons. The number of hydrogen-bond acceptors (Lipinski definition) is 0. The van der Waals surface area contributed by atoms with Crippen molar-refractivity contribution in [2.24, 2.45) is 0 Å². The molecule has 0 aliphatic rings. The molecule has 0 nitrogen and oxygen atoms in total. The zero-order chi connectivity index (χ0) is 15.9. The van der Waals surface area contributed by atoms with Crippen LogP contribution in [0.2, 0.25) is 0 Å². The Bertz CT molecular complexity index is 679. The highest BCUT2D eigenvalue weighted by Gasteiger charge is 2.27. The Hall–Kier alpha value is -2.12. The van der Waals surface area contributed by atoms with Gasteiger partial charge in [0.15, 0.2) is 23.3 Å². The quantitative estimate of drug-likeness (QED) is 0.410. The second-order valence-corrected chi connectivity index (χ2v) is 4.02. The van der Waals surface area contributed by atoms with Crippen molar-refractivity contribution in [3.63, 3.8) is 0 Å². The number of alkyl halides is 2. The number of benzene rings is 2. The molecule has 0 atom stereocenters. The van der Waals surface area contributed by atoms with Crippen molar-refractivity contribution in [1.82, 2.24) is 0 Å². The molecule has 21 heavy (non-hydrogen) atoms. The van der Waals surface area contributed by atoms with Gasteiger partial charge in [-0.05, 0) is 23.8 Å². The third kappa shape index (κ3) is 2.57. The second-order valence-electron chi connectivity index (χ2n) is 4.02. The Morgan fingerprint density at radius 2 is 1.10 bits per heavy atom. The van der Waals surface area contributed by atoms with E-state index >= 15 is 0 Å². The van der Waals surface area contributed by atoms with E-state index in [4.69, 9.17) is 0 Å². The standard InChI is InChI=1S/C13H4F8/c14-6-2-4(1-5(3-6)13(20)21)7-8(15)10(17)12(19)11(18)9(7)16/h1-3,13H. The van der Waals surface area contributed by atoms with Crippen LogP contribution in [0.4, 0.5) is 35.1 Å². The summed E-state index contributed by atoms with van der Waals surface area (Å²) in [6.45, 7) is 0. The van der Waals surface area contributed by atoms with E-state index in [1.54, 1.807) is 0 Å². The summed E-state index contributed by atoms with van der Waals surface area (Å²) in [7, 11) is 0. The number of rotatable bonds is 2. The minimum atomic E-state index is -3.18. The number of halogens is 8. The van der Waals surface area contributed by atoms with Gasteiger partial charge < -0.3 is 0 Å². The van der Waals surface area contributed by atoms with Crippen molar-refractivity contribution >= 4 is 0 Å². The van der Waals surface area contributed by atoms with Gasteiger partial charge >= 0.3 is 0 Å². The lowest BCUT2D eigenvalue weighted by Gasteiger charge is -2.10. The van der Waals surface area contributed by atoms with Crippen LogP contribution in [0.1, 0.15) is 12.0 Å². The lowest BCUT2D eigenvalue weighted by molar-refractivity contribution is 0.151. The molecule has 2 aromatic carbocycles. The van der Waals surface area contributed by atoms with Gasteiger partial charge in [-0.15, -0.1) is 0 Å². The van der Waals surface area contributed by atoms with Gasteiger partial charge in [0.25, 0.3) is 6.43 Å². The van der Waals surface area contributed by atoms with Crippen LogP contribution in [0.15, 0.2) is 18.2 Å². The highest BCUT2D eigenvalue weighted by atomic mass is 19.3. The molecule has 0 unspecified atom stereocenters. The zero-order valence-electron chi connectivity index (χ0n) is 9.83. The van der Waals surface area contributed by atoms with Crippen LogP contribution in [-0.2, 0) is 0 Å². The molecule has 0 aromatic heterocycles. The minimum Gasteiger partial charge on any atom is -0.207 e. The first-order valence-electron chi connectivity index (χ1n) is 5.34. The van der Waals surface area contributed by atoms with Crippen LogP contribution in [-0.4, -0.2) is 0 Å². The predicted octanol–water partition coefficient (Wildman–Crippen LogP) is 5.13. The molecule has 2 rings (SSSR count). The van der Waals surface area contributed by atoms with E-state index in [9.17, 15) is 35.1 Å². The Kier molecular flexibility index (Phi) is 3.89. The van der Waals surface area contributed by atoms with Gasteiger partial charge in [-0.3, -0.25) is 0 Å². The van der Waals surface area contributed by atoms with Crippen LogP contribution in [0.5, 0.6) is 0 Å². The SMILES string of the molecule is Fc1cc(-c2c(F)c(F)c(F)c(F)c2F)cc(C(F)F)c1. The average Bonchev–Trinajstić information content (AvgIpc) is 2.42. The molecular formula is C13H4F8.